The highest BCUT2D eigenvalue weighted by atomic mass is 16.5. The molecular weight excluding hydrogens is 364 g/mol. The van der Waals surface area contributed by atoms with Crippen LogP contribution in [-0.4, -0.2) is 45.2 Å². The van der Waals surface area contributed by atoms with Crippen molar-refractivity contribution in [1.29, 1.82) is 0 Å². The molecule has 0 radical (unpaired) electrons. The van der Waals surface area contributed by atoms with Crippen LogP contribution in [0.25, 0.3) is 0 Å². The van der Waals surface area contributed by atoms with Gasteiger partial charge in [0.1, 0.15) is 18.0 Å². The molecule has 0 fully saturated rings. The van der Waals surface area contributed by atoms with E-state index in [0.717, 1.165) is 0 Å². The first-order chi connectivity index (χ1) is 13.0. The maximum absolute atomic E-state index is 12.8. The van der Waals surface area contributed by atoms with E-state index in [1.807, 2.05) is 13.8 Å². The summed E-state index contributed by atoms with van der Waals surface area (Å²) in [6.07, 6.45) is -0.0195. The second-order valence-corrected chi connectivity index (χ2v) is 8.17. The van der Waals surface area contributed by atoms with Gasteiger partial charge in [0, 0.05) is 6.20 Å². The Kier molecular flexibility index (Phi) is 8.52. The summed E-state index contributed by atoms with van der Waals surface area (Å²) in [5.41, 5.74) is 0.704. The highest BCUT2D eigenvalue weighted by Crippen LogP contribution is 2.23. The topological polar surface area (TPSA) is 141 Å². The maximum atomic E-state index is 12.8. The van der Waals surface area contributed by atoms with Crippen molar-refractivity contribution in [1.82, 2.24) is 15.8 Å². The lowest BCUT2D eigenvalue weighted by Gasteiger charge is -2.32. The van der Waals surface area contributed by atoms with E-state index >= 15 is 0 Å². The first-order valence-electron chi connectivity index (χ1n) is 9.11. The van der Waals surface area contributed by atoms with Crippen molar-refractivity contribution in [3.05, 3.63) is 24.4 Å². The molecule has 0 aliphatic heterocycles. The number of rotatable bonds is 8. The van der Waals surface area contributed by atoms with Crippen LogP contribution in [-0.2, 0) is 14.4 Å². The first-order valence-corrected chi connectivity index (χ1v) is 9.11. The zero-order valence-electron chi connectivity index (χ0n) is 16.9. The molecule has 0 spiro atoms. The van der Waals surface area contributed by atoms with Crippen molar-refractivity contribution in [2.24, 2.45) is 17.3 Å². The second-order valence-electron chi connectivity index (χ2n) is 8.17. The molecule has 9 heteroatoms. The molecule has 1 rings (SSSR count). The summed E-state index contributed by atoms with van der Waals surface area (Å²) >= 11 is 0. The van der Waals surface area contributed by atoms with Crippen LogP contribution in [0.3, 0.4) is 0 Å². The Morgan fingerprint density at radius 1 is 1.11 bits per heavy atom. The van der Waals surface area contributed by atoms with Gasteiger partial charge in [0.25, 0.3) is 5.91 Å². The molecule has 0 saturated carbocycles. The van der Waals surface area contributed by atoms with Gasteiger partial charge in [-0.15, -0.1) is 0 Å². The number of aliphatic hydroxyl groups excluding tert-OH is 1. The highest BCUT2D eigenvalue weighted by Gasteiger charge is 2.38. The predicted molar refractivity (Wildman–Crippen MR) is 103 cm³/mol. The van der Waals surface area contributed by atoms with Gasteiger partial charge in [0.15, 0.2) is 0 Å². The minimum Gasteiger partial charge on any atom is -0.382 e. The zero-order chi connectivity index (χ0) is 21.5. The van der Waals surface area contributed by atoms with E-state index in [4.69, 9.17) is 5.21 Å². The summed E-state index contributed by atoms with van der Waals surface area (Å²) in [5, 5.41) is 24.2. The normalized spacial score (nSPS) is 14.7. The summed E-state index contributed by atoms with van der Waals surface area (Å²) in [6.45, 7) is 9.01. The van der Waals surface area contributed by atoms with Crippen molar-refractivity contribution >= 4 is 23.5 Å². The van der Waals surface area contributed by atoms with Crippen LogP contribution in [0.4, 0.5) is 5.82 Å². The van der Waals surface area contributed by atoms with Crippen molar-refractivity contribution < 1.29 is 24.7 Å². The van der Waals surface area contributed by atoms with Crippen molar-refractivity contribution in [3.8, 4) is 0 Å². The van der Waals surface area contributed by atoms with Gasteiger partial charge in [-0.05, 0) is 29.9 Å². The highest BCUT2D eigenvalue weighted by molar-refractivity contribution is 5.98. The fourth-order valence-corrected chi connectivity index (χ4v) is 2.70. The smallest absolute Gasteiger partial charge is 0.272 e. The quantitative estimate of drug-likeness (QED) is 0.330. The molecule has 1 aromatic rings. The van der Waals surface area contributed by atoms with Crippen molar-refractivity contribution in [2.45, 2.75) is 53.2 Å². The number of carbonyl (C=O) groups is 3. The third kappa shape index (κ3) is 6.90. The Hall–Kier alpha value is -2.52. The molecule has 3 atom stereocenters. The number of carbonyl (C=O) groups excluding carboxylic acids is 3. The Balaban J connectivity index is 3.03. The second kappa shape index (κ2) is 10.1. The molecule has 0 aromatic carbocycles. The van der Waals surface area contributed by atoms with Gasteiger partial charge in [0.05, 0.1) is 5.92 Å². The number of hydrogen-bond donors (Lipinski definition) is 5. The predicted octanol–water partition coefficient (Wildman–Crippen LogP) is 1.08. The molecule has 1 aromatic heterocycles. The van der Waals surface area contributed by atoms with E-state index in [-0.39, 0.29) is 12.3 Å². The Morgan fingerprint density at radius 2 is 1.75 bits per heavy atom. The molecule has 0 aliphatic rings. The molecule has 5 N–H and O–H groups in total. The number of hydroxylamine groups is 1. The van der Waals surface area contributed by atoms with Gasteiger partial charge in [-0.2, -0.15) is 0 Å². The number of nitrogens with one attached hydrogen (secondary N) is 3. The lowest BCUT2D eigenvalue weighted by Crippen LogP contribution is -2.55. The van der Waals surface area contributed by atoms with Crippen LogP contribution in [0, 0.1) is 17.3 Å². The fraction of sp³-hybridized carbons (Fsp3) is 0.579. The van der Waals surface area contributed by atoms with Crippen molar-refractivity contribution in [3.63, 3.8) is 0 Å². The molecule has 9 nitrogen and oxygen atoms in total. The summed E-state index contributed by atoms with van der Waals surface area (Å²) in [7, 11) is 0. The maximum Gasteiger partial charge on any atom is 0.272 e. The number of amides is 3. The number of aromatic nitrogens is 1. The molecular formula is C19H30N4O5. The third-order valence-electron chi connectivity index (χ3n) is 4.15. The van der Waals surface area contributed by atoms with Crippen LogP contribution in [0.5, 0.6) is 0 Å². The molecule has 1 unspecified atom stereocenters. The average molecular weight is 394 g/mol. The molecule has 0 saturated heterocycles. The summed E-state index contributed by atoms with van der Waals surface area (Å²) in [4.78, 5) is 41.2. The van der Waals surface area contributed by atoms with Crippen LogP contribution in [0.1, 0.15) is 41.0 Å². The Bertz CT molecular complexity index is 673. The molecule has 3 amide bonds. The lowest BCUT2D eigenvalue weighted by molar-refractivity contribution is -0.147. The standard InChI is InChI=1S/C19H30N4O5/c1-11(2)10-12(14(24)17(26)23-28)16(25)22-15(19(3,4)5)18(27)21-13-8-6-7-9-20-13/h6-9,11-12,14-15,24,28H,10H2,1-5H3,(H,22,25)(H,23,26)(H,20,21,27)/t12-,14-,15?/m0/s1. The number of hydrogen-bond acceptors (Lipinski definition) is 6. The van der Waals surface area contributed by atoms with E-state index in [9.17, 15) is 19.5 Å². The van der Waals surface area contributed by atoms with E-state index in [1.54, 1.807) is 39.0 Å². The Labute approximate surface area is 164 Å². The molecule has 0 bridgehead atoms. The monoisotopic (exact) mass is 394 g/mol. The summed E-state index contributed by atoms with van der Waals surface area (Å²) in [6, 6.07) is 4.11. The van der Waals surface area contributed by atoms with Crippen LogP contribution < -0.4 is 16.1 Å². The Morgan fingerprint density at radius 3 is 2.21 bits per heavy atom. The summed E-state index contributed by atoms with van der Waals surface area (Å²) in [5.74, 6) is -2.99. The number of nitrogens with zero attached hydrogens (tertiary/aromatic N) is 1. The zero-order valence-corrected chi connectivity index (χ0v) is 16.9. The van der Waals surface area contributed by atoms with Gasteiger partial charge >= 0.3 is 0 Å². The van der Waals surface area contributed by atoms with Crippen LogP contribution in [0.2, 0.25) is 0 Å². The molecule has 1 heterocycles. The van der Waals surface area contributed by atoms with Gasteiger partial charge < -0.3 is 15.7 Å². The van der Waals surface area contributed by atoms with Crippen molar-refractivity contribution in [2.75, 3.05) is 5.32 Å². The largest absolute Gasteiger partial charge is 0.382 e. The van der Waals surface area contributed by atoms with E-state index in [1.165, 1.54) is 11.7 Å². The number of aliphatic hydroxyl groups is 1. The number of anilines is 1. The van der Waals surface area contributed by atoms with Gasteiger partial charge in [-0.3, -0.25) is 19.6 Å². The van der Waals surface area contributed by atoms with E-state index < -0.39 is 41.2 Å². The van der Waals surface area contributed by atoms with Crippen LogP contribution in [0.15, 0.2) is 24.4 Å². The lowest BCUT2D eigenvalue weighted by atomic mass is 9.84. The number of pyridine rings is 1. The SMILES string of the molecule is CC(C)C[C@H](C(=O)NC(C(=O)Nc1ccccn1)C(C)(C)C)[C@H](O)C(=O)NO. The molecule has 28 heavy (non-hydrogen) atoms. The van der Waals surface area contributed by atoms with E-state index in [2.05, 4.69) is 15.6 Å². The van der Waals surface area contributed by atoms with E-state index in [0.29, 0.717) is 5.82 Å². The summed E-state index contributed by atoms with van der Waals surface area (Å²) < 4.78 is 0. The van der Waals surface area contributed by atoms with Gasteiger partial charge in [-0.1, -0.05) is 40.7 Å². The molecule has 156 valence electrons. The third-order valence-corrected chi connectivity index (χ3v) is 4.15. The van der Waals surface area contributed by atoms with Gasteiger partial charge in [-0.25, -0.2) is 10.5 Å². The fourth-order valence-electron chi connectivity index (χ4n) is 2.70. The van der Waals surface area contributed by atoms with Crippen LogP contribution >= 0.6 is 0 Å². The average Bonchev–Trinajstić information content (AvgIpc) is 2.62. The minimum atomic E-state index is -1.74. The molecule has 0 aliphatic carbocycles. The minimum absolute atomic E-state index is 0.00711. The first kappa shape index (κ1) is 23.5. The van der Waals surface area contributed by atoms with Gasteiger partial charge in [0.2, 0.25) is 11.8 Å².